The summed E-state index contributed by atoms with van der Waals surface area (Å²) >= 11 is 0. The fourth-order valence-corrected chi connectivity index (χ4v) is 1.68. The molecule has 2 rings (SSSR count). The number of carbonyl (C=O) groups is 1. The summed E-state index contributed by atoms with van der Waals surface area (Å²) in [6, 6.07) is 9.62. The maximum atomic E-state index is 11.8. The van der Waals surface area contributed by atoms with Crippen LogP contribution in [0.25, 0.3) is 11.3 Å². The van der Waals surface area contributed by atoms with Crippen molar-refractivity contribution in [1.29, 1.82) is 0 Å². The number of furan rings is 1. The van der Waals surface area contributed by atoms with E-state index in [1.807, 2.05) is 51.1 Å². The van der Waals surface area contributed by atoms with Crippen molar-refractivity contribution in [2.45, 2.75) is 20.8 Å². The Bertz CT molecular complexity index is 542. The maximum absolute atomic E-state index is 11.8. The molecule has 1 heterocycles. The third-order valence-corrected chi connectivity index (χ3v) is 2.74. The van der Waals surface area contributed by atoms with E-state index in [0.717, 1.165) is 22.6 Å². The van der Waals surface area contributed by atoms with Crippen LogP contribution in [-0.2, 0) is 4.79 Å². The van der Waals surface area contributed by atoms with Crippen molar-refractivity contribution in [2.75, 3.05) is 5.32 Å². The number of benzene rings is 1. The Balaban J connectivity index is 2.38. The average molecular weight is 243 g/mol. The lowest BCUT2D eigenvalue weighted by Crippen LogP contribution is -2.18. The molecule has 0 aliphatic heterocycles. The van der Waals surface area contributed by atoms with Crippen LogP contribution >= 0.6 is 0 Å². The number of amides is 1. The van der Waals surface area contributed by atoms with Gasteiger partial charge in [-0.15, -0.1) is 0 Å². The maximum Gasteiger partial charge on any atom is 0.226 e. The Labute approximate surface area is 107 Å². The highest BCUT2D eigenvalue weighted by Crippen LogP contribution is 2.29. The van der Waals surface area contributed by atoms with Gasteiger partial charge in [0.25, 0.3) is 0 Å². The SMILES string of the molecule is Cc1ccc(NC(=O)C(C)C)c(-c2ccco2)c1. The lowest BCUT2D eigenvalue weighted by molar-refractivity contribution is -0.118. The molecule has 0 spiro atoms. The minimum Gasteiger partial charge on any atom is -0.464 e. The highest BCUT2D eigenvalue weighted by molar-refractivity contribution is 5.96. The van der Waals surface area contributed by atoms with Gasteiger partial charge < -0.3 is 9.73 Å². The molecule has 1 aromatic carbocycles. The van der Waals surface area contributed by atoms with Gasteiger partial charge in [-0.2, -0.15) is 0 Å². The molecule has 1 N–H and O–H groups in total. The van der Waals surface area contributed by atoms with Crippen LogP contribution in [0.4, 0.5) is 5.69 Å². The van der Waals surface area contributed by atoms with Gasteiger partial charge in [-0.3, -0.25) is 4.79 Å². The van der Waals surface area contributed by atoms with Crippen LogP contribution in [0.3, 0.4) is 0 Å². The first-order valence-corrected chi connectivity index (χ1v) is 6.03. The van der Waals surface area contributed by atoms with Crippen molar-refractivity contribution >= 4 is 11.6 Å². The zero-order valence-corrected chi connectivity index (χ0v) is 10.9. The molecule has 0 aliphatic rings. The van der Waals surface area contributed by atoms with Gasteiger partial charge in [0.2, 0.25) is 5.91 Å². The summed E-state index contributed by atoms with van der Waals surface area (Å²) in [5.74, 6) is 0.722. The van der Waals surface area contributed by atoms with Gasteiger partial charge in [0, 0.05) is 11.5 Å². The van der Waals surface area contributed by atoms with Crippen LogP contribution in [-0.4, -0.2) is 5.91 Å². The molecule has 1 amide bonds. The van der Waals surface area contributed by atoms with Crippen molar-refractivity contribution in [3.8, 4) is 11.3 Å². The van der Waals surface area contributed by atoms with E-state index >= 15 is 0 Å². The van der Waals surface area contributed by atoms with Crippen LogP contribution in [0.1, 0.15) is 19.4 Å². The first-order valence-electron chi connectivity index (χ1n) is 6.03. The molecule has 94 valence electrons. The van der Waals surface area contributed by atoms with Crippen LogP contribution < -0.4 is 5.32 Å². The number of rotatable bonds is 3. The summed E-state index contributed by atoms with van der Waals surface area (Å²) in [7, 11) is 0. The largest absolute Gasteiger partial charge is 0.464 e. The smallest absolute Gasteiger partial charge is 0.226 e. The number of hydrogen-bond donors (Lipinski definition) is 1. The summed E-state index contributed by atoms with van der Waals surface area (Å²) in [5, 5.41) is 2.93. The molecule has 3 nitrogen and oxygen atoms in total. The van der Waals surface area contributed by atoms with E-state index < -0.39 is 0 Å². The summed E-state index contributed by atoms with van der Waals surface area (Å²) in [6.45, 7) is 5.76. The van der Waals surface area contributed by atoms with Gasteiger partial charge in [-0.1, -0.05) is 25.5 Å². The predicted octanol–water partition coefficient (Wildman–Crippen LogP) is 3.85. The quantitative estimate of drug-likeness (QED) is 0.889. The Kier molecular flexibility index (Phi) is 3.51. The molecule has 0 unspecified atom stereocenters. The van der Waals surface area contributed by atoms with Crippen LogP contribution in [0, 0.1) is 12.8 Å². The molecule has 0 radical (unpaired) electrons. The molecule has 1 aromatic heterocycles. The molecule has 0 saturated heterocycles. The molecule has 0 aliphatic carbocycles. The molecule has 3 heteroatoms. The Morgan fingerprint density at radius 2 is 2.06 bits per heavy atom. The van der Waals surface area contributed by atoms with Gasteiger partial charge in [-0.25, -0.2) is 0 Å². The van der Waals surface area contributed by atoms with E-state index in [-0.39, 0.29) is 11.8 Å². The van der Waals surface area contributed by atoms with E-state index in [2.05, 4.69) is 5.32 Å². The Morgan fingerprint density at radius 3 is 2.67 bits per heavy atom. The molecule has 18 heavy (non-hydrogen) atoms. The molecular weight excluding hydrogens is 226 g/mol. The highest BCUT2D eigenvalue weighted by Gasteiger charge is 2.12. The lowest BCUT2D eigenvalue weighted by atomic mass is 10.1. The van der Waals surface area contributed by atoms with E-state index in [9.17, 15) is 4.79 Å². The minimum atomic E-state index is -0.0456. The number of nitrogens with one attached hydrogen (secondary N) is 1. The molecule has 2 aromatic rings. The number of aryl methyl sites for hydroxylation is 1. The van der Waals surface area contributed by atoms with Crippen molar-refractivity contribution < 1.29 is 9.21 Å². The van der Waals surface area contributed by atoms with Crippen LogP contribution in [0.5, 0.6) is 0 Å². The van der Waals surface area contributed by atoms with Gasteiger partial charge in [0.1, 0.15) is 5.76 Å². The molecule has 0 saturated carbocycles. The van der Waals surface area contributed by atoms with Crippen molar-refractivity contribution in [2.24, 2.45) is 5.92 Å². The van der Waals surface area contributed by atoms with Crippen molar-refractivity contribution in [3.05, 3.63) is 42.2 Å². The second-order valence-electron chi connectivity index (χ2n) is 4.67. The van der Waals surface area contributed by atoms with Crippen molar-refractivity contribution in [1.82, 2.24) is 0 Å². The van der Waals surface area contributed by atoms with Gasteiger partial charge >= 0.3 is 0 Å². The molecule has 0 atom stereocenters. The average Bonchev–Trinajstić information content (AvgIpc) is 2.84. The second kappa shape index (κ2) is 5.08. The number of carbonyl (C=O) groups excluding carboxylic acids is 1. The predicted molar refractivity (Wildman–Crippen MR) is 72.3 cm³/mol. The Morgan fingerprint density at radius 1 is 1.28 bits per heavy atom. The summed E-state index contributed by atoms with van der Waals surface area (Å²) in [4.78, 5) is 11.8. The zero-order chi connectivity index (χ0) is 13.1. The van der Waals surface area contributed by atoms with Gasteiger partial charge in [0.05, 0.1) is 12.0 Å². The first kappa shape index (κ1) is 12.4. The summed E-state index contributed by atoms with van der Waals surface area (Å²) in [6.07, 6.45) is 1.63. The van der Waals surface area contributed by atoms with E-state index in [4.69, 9.17) is 4.42 Å². The molecule has 0 bridgehead atoms. The van der Waals surface area contributed by atoms with Gasteiger partial charge in [-0.05, 0) is 31.2 Å². The van der Waals surface area contributed by atoms with Crippen LogP contribution in [0.15, 0.2) is 41.0 Å². The first-order chi connectivity index (χ1) is 8.58. The summed E-state index contributed by atoms with van der Waals surface area (Å²) in [5.41, 5.74) is 2.83. The second-order valence-corrected chi connectivity index (χ2v) is 4.67. The van der Waals surface area contributed by atoms with E-state index in [1.54, 1.807) is 6.26 Å². The standard InChI is InChI=1S/C15H17NO2/c1-10(2)15(17)16-13-7-6-11(3)9-12(13)14-5-4-8-18-14/h4-10H,1-3H3,(H,16,17). The minimum absolute atomic E-state index is 0.00617. The zero-order valence-electron chi connectivity index (χ0n) is 10.9. The number of hydrogen-bond acceptors (Lipinski definition) is 2. The van der Waals surface area contributed by atoms with E-state index in [0.29, 0.717) is 0 Å². The Hall–Kier alpha value is -2.03. The van der Waals surface area contributed by atoms with E-state index in [1.165, 1.54) is 0 Å². The van der Waals surface area contributed by atoms with Crippen molar-refractivity contribution in [3.63, 3.8) is 0 Å². The van der Waals surface area contributed by atoms with Gasteiger partial charge in [0.15, 0.2) is 0 Å². The fraction of sp³-hybridized carbons (Fsp3) is 0.267. The number of anilines is 1. The fourth-order valence-electron chi connectivity index (χ4n) is 1.68. The monoisotopic (exact) mass is 243 g/mol. The topological polar surface area (TPSA) is 42.2 Å². The highest BCUT2D eigenvalue weighted by atomic mass is 16.3. The molecular formula is C15H17NO2. The third-order valence-electron chi connectivity index (χ3n) is 2.74. The third kappa shape index (κ3) is 2.62. The van der Waals surface area contributed by atoms with Crippen LogP contribution in [0.2, 0.25) is 0 Å². The summed E-state index contributed by atoms with van der Waals surface area (Å²) < 4.78 is 5.41. The lowest BCUT2D eigenvalue weighted by Gasteiger charge is -2.12. The normalized spacial score (nSPS) is 10.7. The molecule has 0 fully saturated rings.